The number of carboxylic acids is 1. The van der Waals surface area contributed by atoms with Gasteiger partial charge in [-0.15, -0.1) is 0 Å². The van der Waals surface area contributed by atoms with Gasteiger partial charge in [0.15, 0.2) is 5.60 Å². The summed E-state index contributed by atoms with van der Waals surface area (Å²) in [5.74, 6) is -0.605. The van der Waals surface area contributed by atoms with Crippen molar-refractivity contribution in [3.8, 4) is 5.75 Å². The van der Waals surface area contributed by atoms with Crippen LogP contribution < -0.4 is 10.1 Å². The lowest BCUT2D eigenvalue weighted by Crippen LogP contribution is -2.40. The normalized spacial score (nSPS) is 18.4. The van der Waals surface area contributed by atoms with Crippen LogP contribution >= 0.6 is 11.6 Å². The summed E-state index contributed by atoms with van der Waals surface area (Å²) in [7, 11) is 0. The third kappa shape index (κ3) is 5.08. The average molecular weight is 418 g/mol. The number of nitrogens with one attached hydrogen (secondary N) is 1. The number of benzene rings is 2. The van der Waals surface area contributed by atoms with Crippen molar-refractivity contribution in [3.63, 3.8) is 0 Å². The van der Waals surface area contributed by atoms with Crippen molar-refractivity contribution in [3.05, 3.63) is 64.2 Å². The van der Waals surface area contributed by atoms with Gasteiger partial charge in [0.05, 0.1) is 17.2 Å². The number of carbonyl (C=O) groups excluding carboxylic acids is 1. The molecule has 0 bridgehead atoms. The van der Waals surface area contributed by atoms with Crippen LogP contribution in [0.15, 0.2) is 42.5 Å². The minimum absolute atomic E-state index is 0.287. The molecular weight excluding hydrogens is 394 g/mol. The molecule has 1 fully saturated rings. The Morgan fingerprint density at radius 1 is 1.24 bits per heavy atom. The molecule has 2 N–H and O–H groups in total. The summed E-state index contributed by atoms with van der Waals surface area (Å²) in [5, 5.41) is 12.7. The maximum Gasteiger partial charge on any atom is 0.336 e. The number of amides is 1. The molecule has 0 saturated carbocycles. The molecule has 0 aromatic heterocycles. The van der Waals surface area contributed by atoms with Gasteiger partial charge < -0.3 is 19.9 Å². The smallest absolute Gasteiger partial charge is 0.336 e. The van der Waals surface area contributed by atoms with Gasteiger partial charge in [0.2, 0.25) is 0 Å². The molecule has 1 amide bonds. The van der Waals surface area contributed by atoms with Gasteiger partial charge in [0, 0.05) is 19.6 Å². The van der Waals surface area contributed by atoms with E-state index < -0.39 is 11.6 Å². The highest BCUT2D eigenvalue weighted by Gasteiger charge is 2.42. The summed E-state index contributed by atoms with van der Waals surface area (Å²) in [4.78, 5) is 24.2. The van der Waals surface area contributed by atoms with Crippen LogP contribution in [0.3, 0.4) is 0 Å². The first kappa shape index (κ1) is 21.1. The van der Waals surface area contributed by atoms with Gasteiger partial charge in [-0.25, -0.2) is 4.79 Å². The van der Waals surface area contributed by atoms with Gasteiger partial charge in [-0.1, -0.05) is 35.9 Å². The van der Waals surface area contributed by atoms with Crippen molar-refractivity contribution in [1.82, 2.24) is 5.32 Å². The topological polar surface area (TPSA) is 84.9 Å². The van der Waals surface area contributed by atoms with Crippen LogP contribution in [0.1, 0.15) is 41.3 Å². The van der Waals surface area contributed by atoms with Crippen molar-refractivity contribution in [2.75, 3.05) is 13.2 Å². The van der Waals surface area contributed by atoms with E-state index in [-0.39, 0.29) is 5.91 Å². The lowest BCUT2D eigenvalue weighted by molar-refractivity contribution is -0.159. The summed E-state index contributed by atoms with van der Waals surface area (Å²) < 4.78 is 10.9. The number of ether oxygens (including phenoxy) is 2. The number of aliphatic carboxylic acids is 1. The Hall–Kier alpha value is -2.57. The highest BCUT2D eigenvalue weighted by molar-refractivity contribution is 6.34. The molecule has 1 saturated heterocycles. The summed E-state index contributed by atoms with van der Waals surface area (Å²) in [6.45, 7) is 3.16. The summed E-state index contributed by atoms with van der Waals surface area (Å²) in [6.07, 6.45) is 1.54. The minimum atomic E-state index is -1.16. The van der Waals surface area contributed by atoms with Gasteiger partial charge in [-0.3, -0.25) is 4.79 Å². The first-order chi connectivity index (χ1) is 13.9. The van der Waals surface area contributed by atoms with Crippen LogP contribution in [-0.2, 0) is 22.5 Å². The fourth-order valence-corrected chi connectivity index (χ4v) is 3.73. The van der Waals surface area contributed by atoms with Gasteiger partial charge in [-0.2, -0.15) is 0 Å². The molecule has 1 aliphatic heterocycles. The number of carbonyl (C=O) groups is 2. The first-order valence-electron chi connectivity index (χ1n) is 9.59. The molecule has 1 heterocycles. The molecule has 7 heteroatoms. The Kier molecular flexibility index (Phi) is 6.77. The van der Waals surface area contributed by atoms with Crippen LogP contribution in [0.2, 0.25) is 5.02 Å². The zero-order valence-electron chi connectivity index (χ0n) is 16.2. The Bertz CT molecular complexity index is 893. The summed E-state index contributed by atoms with van der Waals surface area (Å²) in [5.41, 5.74) is 0.949. The second-order valence-electron chi connectivity index (χ2n) is 7.01. The van der Waals surface area contributed by atoms with E-state index in [9.17, 15) is 14.7 Å². The van der Waals surface area contributed by atoms with Crippen LogP contribution in [0.25, 0.3) is 0 Å². The molecule has 1 unspecified atom stereocenters. The van der Waals surface area contributed by atoms with E-state index in [0.717, 1.165) is 17.5 Å². The highest BCUT2D eigenvalue weighted by Crippen LogP contribution is 2.30. The zero-order valence-corrected chi connectivity index (χ0v) is 17.0. The lowest BCUT2D eigenvalue weighted by Gasteiger charge is -2.23. The van der Waals surface area contributed by atoms with E-state index in [4.69, 9.17) is 21.1 Å². The lowest BCUT2D eigenvalue weighted by atomic mass is 9.91. The molecule has 2 aromatic rings. The van der Waals surface area contributed by atoms with E-state index in [0.29, 0.717) is 48.9 Å². The van der Waals surface area contributed by atoms with Crippen LogP contribution in [0.5, 0.6) is 5.75 Å². The molecule has 1 aliphatic rings. The number of hydrogen-bond acceptors (Lipinski definition) is 4. The molecule has 154 valence electrons. The zero-order chi connectivity index (χ0) is 20.9. The Balaban J connectivity index is 1.65. The van der Waals surface area contributed by atoms with Crippen molar-refractivity contribution < 1.29 is 24.2 Å². The maximum atomic E-state index is 12.5. The highest BCUT2D eigenvalue weighted by atomic mass is 35.5. The Morgan fingerprint density at radius 3 is 2.69 bits per heavy atom. The number of hydrogen-bond donors (Lipinski definition) is 2. The summed E-state index contributed by atoms with van der Waals surface area (Å²) in [6, 6.07) is 12.5. The monoisotopic (exact) mass is 417 g/mol. The quantitative estimate of drug-likeness (QED) is 0.681. The van der Waals surface area contributed by atoms with E-state index in [1.807, 2.05) is 31.2 Å². The third-order valence-corrected chi connectivity index (χ3v) is 5.24. The van der Waals surface area contributed by atoms with Crippen molar-refractivity contribution in [2.24, 2.45) is 0 Å². The van der Waals surface area contributed by atoms with E-state index in [1.165, 1.54) is 0 Å². The number of rotatable bonds is 8. The number of carboxylic acid groups (broad SMARTS) is 1. The largest absolute Gasteiger partial charge is 0.494 e. The second kappa shape index (κ2) is 9.29. The average Bonchev–Trinajstić information content (AvgIpc) is 3.17. The first-order valence-corrected chi connectivity index (χ1v) is 9.97. The third-order valence-electron chi connectivity index (χ3n) is 4.92. The molecule has 0 radical (unpaired) electrons. The molecule has 6 nitrogen and oxygen atoms in total. The molecule has 0 spiro atoms. The van der Waals surface area contributed by atoms with Crippen molar-refractivity contribution in [2.45, 2.75) is 38.3 Å². The predicted octanol–water partition coefficient (Wildman–Crippen LogP) is 3.85. The van der Waals surface area contributed by atoms with E-state index in [1.54, 1.807) is 18.2 Å². The van der Waals surface area contributed by atoms with Crippen molar-refractivity contribution >= 4 is 23.5 Å². The molecule has 29 heavy (non-hydrogen) atoms. The Morgan fingerprint density at radius 2 is 2.03 bits per heavy atom. The van der Waals surface area contributed by atoms with Gasteiger partial charge in [0.1, 0.15) is 5.75 Å². The van der Waals surface area contributed by atoms with E-state index >= 15 is 0 Å². The fourth-order valence-electron chi connectivity index (χ4n) is 3.47. The second-order valence-corrected chi connectivity index (χ2v) is 7.41. The number of halogens is 1. The molecular formula is C22H24ClNO5. The molecule has 2 aromatic carbocycles. The van der Waals surface area contributed by atoms with Gasteiger partial charge in [-0.05, 0) is 49.1 Å². The predicted molar refractivity (Wildman–Crippen MR) is 109 cm³/mol. The minimum Gasteiger partial charge on any atom is -0.494 e. The van der Waals surface area contributed by atoms with Crippen LogP contribution in [-0.4, -0.2) is 35.8 Å². The fraction of sp³-hybridized carbons (Fsp3) is 0.364. The molecule has 1 atom stereocenters. The van der Waals surface area contributed by atoms with Crippen LogP contribution in [0.4, 0.5) is 0 Å². The summed E-state index contributed by atoms with van der Waals surface area (Å²) >= 11 is 6.20. The molecule has 0 aliphatic carbocycles. The van der Waals surface area contributed by atoms with Gasteiger partial charge in [0.25, 0.3) is 5.91 Å². The van der Waals surface area contributed by atoms with E-state index in [2.05, 4.69) is 5.32 Å². The SMILES string of the molecule is CCOc1ccc(C(=O)NCc2cccc(CC3(C(=O)O)CCCO3)c2)c(Cl)c1. The van der Waals surface area contributed by atoms with Gasteiger partial charge >= 0.3 is 5.97 Å². The maximum absolute atomic E-state index is 12.5. The molecule has 3 rings (SSSR count). The Labute approximate surface area is 174 Å². The standard InChI is InChI=1S/C22H24ClNO5/c1-2-28-17-7-8-18(19(23)12-17)20(25)24-14-16-6-3-5-15(11-16)13-22(21(26)27)9-4-10-29-22/h3,5-8,11-12H,2,4,9-10,13-14H2,1H3,(H,24,25)(H,26,27). The van der Waals surface area contributed by atoms with Crippen molar-refractivity contribution in [1.29, 1.82) is 0 Å². The van der Waals surface area contributed by atoms with Crippen LogP contribution in [0, 0.1) is 0 Å².